The van der Waals surface area contributed by atoms with Gasteiger partial charge in [-0.2, -0.15) is 0 Å². The van der Waals surface area contributed by atoms with Crippen molar-refractivity contribution in [1.29, 1.82) is 0 Å². The third kappa shape index (κ3) is 2.00. The summed E-state index contributed by atoms with van der Waals surface area (Å²) in [6.07, 6.45) is 0. The minimum absolute atomic E-state index is 0.0588. The second-order valence-electron chi connectivity index (χ2n) is 2.07. The first-order chi connectivity index (χ1) is 5.24. The van der Waals surface area contributed by atoms with E-state index in [0.29, 0.717) is 5.56 Å². The second-order valence-corrected chi connectivity index (χ2v) is 2.28. The van der Waals surface area contributed by atoms with Gasteiger partial charge in [0.1, 0.15) is 11.5 Å². The van der Waals surface area contributed by atoms with Gasteiger partial charge in [-0.15, -0.1) is 0 Å². The SMILES string of the molecule is Oc1ccc(O)c(COCl)c1. The molecule has 0 aliphatic heterocycles. The van der Waals surface area contributed by atoms with E-state index in [1.54, 1.807) is 0 Å². The molecule has 0 radical (unpaired) electrons. The molecule has 1 rings (SSSR count). The van der Waals surface area contributed by atoms with Gasteiger partial charge in [0, 0.05) is 5.56 Å². The first kappa shape index (κ1) is 8.17. The summed E-state index contributed by atoms with van der Waals surface area (Å²) in [7, 11) is 0. The highest BCUT2D eigenvalue weighted by Crippen LogP contribution is 2.22. The maximum Gasteiger partial charge on any atom is 0.121 e. The van der Waals surface area contributed by atoms with E-state index < -0.39 is 0 Å². The van der Waals surface area contributed by atoms with E-state index in [9.17, 15) is 0 Å². The van der Waals surface area contributed by atoms with Crippen LogP contribution in [0, 0.1) is 0 Å². The highest BCUT2D eigenvalue weighted by molar-refractivity contribution is 6.07. The Morgan fingerprint density at radius 3 is 2.73 bits per heavy atom. The van der Waals surface area contributed by atoms with Crippen LogP contribution in [-0.2, 0) is 10.9 Å². The van der Waals surface area contributed by atoms with Gasteiger partial charge in [0.2, 0.25) is 0 Å². The van der Waals surface area contributed by atoms with Gasteiger partial charge in [-0.3, -0.25) is 4.29 Å². The van der Waals surface area contributed by atoms with Gasteiger partial charge >= 0.3 is 0 Å². The van der Waals surface area contributed by atoms with Crippen LogP contribution in [0.2, 0.25) is 0 Å². The van der Waals surface area contributed by atoms with Gasteiger partial charge in [0.05, 0.1) is 18.5 Å². The first-order valence-corrected chi connectivity index (χ1v) is 3.29. The molecule has 0 amide bonds. The lowest BCUT2D eigenvalue weighted by atomic mass is 10.2. The number of hydrogen-bond acceptors (Lipinski definition) is 3. The fraction of sp³-hybridized carbons (Fsp3) is 0.143. The lowest BCUT2D eigenvalue weighted by molar-refractivity contribution is 0.329. The van der Waals surface area contributed by atoms with Crippen LogP contribution in [0.3, 0.4) is 0 Å². The standard InChI is InChI=1S/C7H7ClO3/c8-11-4-5-3-6(9)1-2-7(5)10/h1-3,9-10H,4H2. The Balaban J connectivity index is 2.93. The summed E-state index contributed by atoms with van der Waals surface area (Å²) in [6, 6.07) is 4.14. The number of phenols is 2. The Labute approximate surface area is 69.0 Å². The molecule has 3 nitrogen and oxygen atoms in total. The van der Waals surface area contributed by atoms with Crippen LogP contribution in [0.5, 0.6) is 11.5 Å². The molecule has 0 saturated carbocycles. The van der Waals surface area contributed by atoms with Crippen LogP contribution in [0.15, 0.2) is 18.2 Å². The van der Waals surface area contributed by atoms with Crippen molar-refractivity contribution in [2.45, 2.75) is 6.61 Å². The van der Waals surface area contributed by atoms with Crippen LogP contribution in [0.4, 0.5) is 0 Å². The van der Waals surface area contributed by atoms with Crippen LogP contribution in [0.25, 0.3) is 0 Å². The van der Waals surface area contributed by atoms with E-state index >= 15 is 0 Å². The fourth-order valence-corrected chi connectivity index (χ4v) is 0.864. The topological polar surface area (TPSA) is 49.7 Å². The predicted octanol–water partition coefficient (Wildman–Crippen LogP) is 1.77. The molecule has 11 heavy (non-hydrogen) atoms. The van der Waals surface area contributed by atoms with Gasteiger partial charge in [-0.25, -0.2) is 0 Å². The van der Waals surface area contributed by atoms with Crippen molar-refractivity contribution in [3.8, 4) is 11.5 Å². The second kappa shape index (κ2) is 3.46. The Morgan fingerprint density at radius 2 is 2.09 bits per heavy atom. The number of benzene rings is 1. The molecule has 0 aliphatic rings. The summed E-state index contributed by atoms with van der Waals surface area (Å²) in [5, 5.41) is 18.1. The Bertz CT molecular complexity index is 249. The summed E-state index contributed by atoms with van der Waals surface area (Å²) >= 11 is 4.97. The zero-order chi connectivity index (χ0) is 8.27. The van der Waals surface area contributed by atoms with Gasteiger partial charge in [0.25, 0.3) is 0 Å². The summed E-state index contributed by atoms with van der Waals surface area (Å²) in [5.41, 5.74) is 0.458. The summed E-state index contributed by atoms with van der Waals surface area (Å²) < 4.78 is 4.26. The third-order valence-electron chi connectivity index (χ3n) is 1.27. The van der Waals surface area contributed by atoms with Crippen molar-refractivity contribution in [1.82, 2.24) is 0 Å². The predicted molar refractivity (Wildman–Crippen MR) is 40.4 cm³/mol. The number of aromatic hydroxyl groups is 2. The van der Waals surface area contributed by atoms with Crippen molar-refractivity contribution < 1.29 is 14.5 Å². The van der Waals surface area contributed by atoms with E-state index in [0.717, 1.165) is 0 Å². The monoisotopic (exact) mass is 174 g/mol. The largest absolute Gasteiger partial charge is 0.508 e. The zero-order valence-corrected chi connectivity index (χ0v) is 6.38. The maximum atomic E-state index is 9.12. The molecule has 1 aromatic carbocycles. The Morgan fingerprint density at radius 1 is 1.36 bits per heavy atom. The summed E-state index contributed by atoms with van der Waals surface area (Å²) in [4.78, 5) is 0. The molecular weight excluding hydrogens is 168 g/mol. The van der Waals surface area contributed by atoms with Crippen molar-refractivity contribution >= 4 is 11.9 Å². The molecule has 0 saturated heterocycles. The van der Waals surface area contributed by atoms with Crippen LogP contribution >= 0.6 is 11.9 Å². The molecule has 0 heterocycles. The minimum Gasteiger partial charge on any atom is -0.508 e. The summed E-state index contributed by atoms with van der Waals surface area (Å²) in [5.74, 6) is 0.134. The van der Waals surface area contributed by atoms with Crippen molar-refractivity contribution in [2.24, 2.45) is 0 Å². The molecule has 0 bridgehead atoms. The van der Waals surface area contributed by atoms with Crippen molar-refractivity contribution in [3.63, 3.8) is 0 Å². The van der Waals surface area contributed by atoms with Crippen LogP contribution < -0.4 is 0 Å². The molecule has 0 spiro atoms. The zero-order valence-electron chi connectivity index (χ0n) is 5.62. The quantitative estimate of drug-likeness (QED) is 0.672. The lowest BCUT2D eigenvalue weighted by Crippen LogP contribution is -1.84. The minimum atomic E-state index is 0.0588. The first-order valence-electron chi connectivity index (χ1n) is 2.98. The number of rotatable bonds is 2. The van der Waals surface area contributed by atoms with Gasteiger partial charge < -0.3 is 10.2 Å². The van der Waals surface area contributed by atoms with Gasteiger partial charge in [0.15, 0.2) is 0 Å². The number of hydrogen-bond donors (Lipinski definition) is 2. The molecule has 0 atom stereocenters. The average Bonchev–Trinajstić information content (AvgIpc) is 1.98. The molecule has 1 aromatic rings. The molecule has 0 aliphatic carbocycles. The van der Waals surface area contributed by atoms with Gasteiger partial charge in [-0.05, 0) is 18.2 Å². The van der Waals surface area contributed by atoms with E-state index in [1.165, 1.54) is 18.2 Å². The van der Waals surface area contributed by atoms with Gasteiger partial charge in [-0.1, -0.05) is 0 Å². The molecule has 0 aromatic heterocycles. The highest BCUT2D eigenvalue weighted by atomic mass is 35.5. The van der Waals surface area contributed by atoms with Crippen LogP contribution in [-0.4, -0.2) is 10.2 Å². The van der Waals surface area contributed by atoms with E-state index in [-0.39, 0.29) is 18.1 Å². The fourth-order valence-electron chi connectivity index (χ4n) is 0.746. The average molecular weight is 175 g/mol. The highest BCUT2D eigenvalue weighted by Gasteiger charge is 2.01. The normalized spacial score (nSPS) is 9.91. The van der Waals surface area contributed by atoms with E-state index in [2.05, 4.69) is 4.29 Å². The third-order valence-corrected chi connectivity index (χ3v) is 1.38. The van der Waals surface area contributed by atoms with Crippen molar-refractivity contribution in [2.75, 3.05) is 0 Å². The molecule has 60 valence electrons. The molecule has 0 unspecified atom stereocenters. The molecular formula is C7H7ClO3. The molecule has 4 heteroatoms. The molecule has 0 fully saturated rings. The number of phenolic OH excluding ortho intramolecular Hbond substituents is 2. The smallest absolute Gasteiger partial charge is 0.121 e. The van der Waals surface area contributed by atoms with E-state index in [4.69, 9.17) is 22.1 Å². The molecule has 2 N–H and O–H groups in total. The van der Waals surface area contributed by atoms with Crippen molar-refractivity contribution in [3.05, 3.63) is 23.8 Å². The Hall–Kier alpha value is -0.930. The van der Waals surface area contributed by atoms with E-state index in [1.807, 2.05) is 0 Å². The maximum absolute atomic E-state index is 9.12. The Kier molecular flexibility index (Phi) is 2.57. The number of halogens is 1. The van der Waals surface area contributed by atoms with Crippen LogP contribution in [0.1, 0.15) is 5.56 Å². The summed E-state index contributed by atoms with van der Waals surface area (Å²) in [6.45, 7) is 0.0712. The lowest BCUT2D eigenvalue weighted by Gasteiger charge is -2.01.